The summed E-state index contributed by atoms with van der Waals surface area (Å²) in [7, 11) is 0. The molecule has 5 heteroatoms. The van der Waals surface area contributed by atoms with E-state index in [1.165, 1.54) is 11.1 Å². The van der Waals surface area contributed by atoms with Crippen molar-refractivity contribution < 1.29 is 14.7 Å². The molecule has 4 nitrogen and oxygen atoms in total. The Morgan fingerprint density at radius 2 is 2.05 bits per heavy atom. The molecule has 0 aliphatic carbocycles. The first-order valence-corrected chi connectivity index (χ1v) is 8.35. The van der Waals surface area contributed by atoms with Crippen molar-refractivity contribution in [3.05, 3.63) is 35.4 Å². The molecule has 0 aromatic heterocycles. The molecule has 1 heterocycles. The molecule has 0 unspecified atom stereocenters. The highest BCUT2D eigenvalue weighted by Crippen LogP contribution is 2.19. The number of hydrogen-bond donors (Lipinski definition) is 1. The standard InChI is InChI=1S/C16H21NO3S/c1-12-4-6-13(7-5-12)10-21-11-15(18)17-8-2-3-14(9-17)16(19)20/h4-7,14H,2-3,8-11H2,1H3,(H,19,20)/t14-/m0/s1. The number of carbonyl (C=O) groups excluding carboxylic acids is 1. The summed E-state index contributed by atoms with van der Waals surface area (Å²) in [4.78, 5) is 24.8. The molecule has 0 bridgehead atoms. The van der Waals surface area contributed by atoms with E-state index in [0.29, 0.717) is 25.3 Å². The van der Waals surface area contributed by atoms with Gasteiger partial charge < -0.3 is 10.0 Å². The Balaban J connectivity index is 1.76. The van der Waals surface area contributed by atoms with Crippen LogP contribution < -0.4 is 0 Å². The Morgan fingerprint density at radius 1 is 1.33 bits per heavy atom. The van der Waals surface area contributed by atoms with E-state index in [0.717, 1.165) is 12.2 Å². The van der Waals surface area contributed by atoms with Crippen molar-refractivity contribution in [3.63, 3.8) is 0 Å². The minimum atomic E-state index is -0.792. The number of aliphatic carboxylic acids is 1. The molecule has 2 rings (SSSR count). The van der Waals surface area contributed by atoms with Crippen molar-refractivity contribution in [1.29, 1.82) is 0 Å². The number of benzene rings is 1. The molecule has 0 spiro atoms. The molecule has 1 amide bonds. The number of hydrogen-bond acceptors (Lipinski definition) is 3. The monoisotopic (exact) mass is 307 g/mol. The number of carbonyl (C=O) groups is 2. The molecule has 1 aliphatic heterocycles. The lowest BCUT2D eigenvalue weighted by Gasteiger charge is -2.30. The lowest BCUT2D eigenvalue weighted by molar-refractivity contribution is -0.145. The molecule has 1 N–H and O–H groups in total. The van der Waals surface area contributed by atoms with E-state index in [1.807, 2.05) is 0 Å². The first-order chi connectivity index (χ1) is 10.1. The number of amides is 1. The SMILES string of the molecule is Cc1ccc(CSCC(=O)N2CCC[C@H](C(=O)O)C2)cc1. The van der Waals surface area contributed by atoms with Crippen molar-refractivity contribution in [2.24, 2.45) is 5.92 Å². The van der Waals surface area contributed by atoms with Crippen LogP contribution in [0.2, 0.25) is 0 Å². The number of likely N-dealkylation sites (tertiary alicyclic amines) is 1. The van der Waals surface area contributed by atoms with Gasteiger partial charge in [-0.15, -0.1) is 11.8 Å². The third kappa shape index (κ3) is 4.77. The van der Waals surface area contributed by atoms with Crippen molar-refractivity contribution >= 4 is 23.6 Å². The van der Waals surface area contributed by atoms with Gasteiger partial charge in [-0.3, -0.25) is 9.59 Å². The molecule has 0 radical (unpaired) electrons. The fourth-order valence-corrected chi connectivity index (χ4v) is 3.32. The van der Waals surface area contributed by atoms with E-state index in [2.05, 4.69) is 31.2 Å². The van der Waals surface area contributed by atoms with Crippen LogP contribution in [0.1, 0.15) is 24.0 Å². The zero-order valence-corrected chi connectivity index (χ0v) is 13.1. The van der Waals surface area contributed by atoms with Crippen LogP contribution in [0.3, 0.4) is 0 Å². The third-order valence-electron chi connectivity index (χ3n) is 3.74. The molecule has 0 saturated carbocycles. The van der Waals surface area contributed by atoms with Crippen LogP contribution >= 0.6 is 11.8 Å². The van der Waals surface area contributed by atoms with Gasteiger partial charge in [0.2, 0.25) is 5.91 Å². The average Bonchev–Trinajstić information content (AvgIpc) is 2.49. The van der Waals surface area contributed by atoms with Gasteiger partial charge in [-0.2, -0.15) is 0 Å². The number of thioether (sulfide) groups is 1. The number of aryl methyl sites for hydroxylation is 1. The molecule has 21 heavy (non-hydrogen) atoms. The van der Waals surface area contributed by atoms with Crippen LogP contribution in [0.25, 0.3) is 0 Å². The molecule has 114 valence electrons. The molecule has 1 aromatic rings. The first-order valence-electron chi connectivity index (χ1n) is 7.20. The normalized spacial score (nSPS) is 18.5. The summed E-state index contributed by atoms with van der Waals surface area (Å²) in [6.07, 6.45) is 1.46. The summed E-state index contributed by atoms with van der Waals surface area (Å²) < 4.78 is 0. The van der Waals surface area contributed by atoms with Crippen molar-refractivity contribution in [2.75, 3.05) is 18.8 Å². The lowest BCUT2D eigenvalue weighted by Crippen LogP contribution is -2.43. The van der Waals surface area contributed by atoms with Crippen LogP contribution in [-0.4, -0.2) is 40.7 Å². The summed E-state index contributed by atoms with van der Waals surface area (Å²) >= 11 is 1.58. The van der Waals surface area contributed by atoms with Crippen LogP contribution in [0.5, 0.6) is 0 Å². The topological polar surface area (TPSA) is 57.6 Å². The number of carboxylic acid groups (broad SMARTS) is 1. The second-order valence-electron chi connectivity index (χ2n) is 5.50. The van der Waals surface area contributed by atoms with Gasteiger partial charge in [0.15, 0.2) is 0 Å². The largest absolute Gasteiger partial charge is 0.481 e. The van der Waals surface area contributed by atoms with Gasteiger partial charge in [-0.1, -0.05) is 29.8 Å². The highest BCUT2D eigenvalue weighted by atomic mass is 32.2. The van der Waals surface area contributed by atoms with E-state index in [1.54, 1.807) is 16.7 Å². The second kappa shape index (κ2) is 7.50. The van der Waals surface area contributed by atoms with Crippen LogP contribution in [-0.2, 0) is 15.3 Å². The molecule has 1 aliphatic rings. The quantitative estimate of drug-likeness (QED) is 0.908. The molecular formula is C16H21NO3S. The number of nitrogens with zero attached hydrogens (tertiary/aromatic N) is 1. The average molecular weight is 307 g/mol. The molecule has 1 aromatic carbocycles. The van der Waals surface area contributed by atoms with Gasteiger partial charge in [0.25, 0.3) is 0 Å². The maximum Gasteiger partial charge on any atom is 0.308 e. The van der Waals surface area contributed by atoms with E-state index >= 15 is 0 Å². The van der Waals surface area contributed by atoms with Crippen LogP contribution in [0.4, 0.5) is 0 Å². The van der Waals surface area contributed by atoms with Gasteiger partial charge in [0.1, 0.15) is 0 Å². The Labute approximate surface area is 129 Å². The molecule has 1 saturated heterocycles. The van der Waals surface area contributed by atoms with E-state index in [9.17, 15) is 9.59 Å². The first kappa shape index (κ1) is 15.9. The Bertz CT molecular complexity index is 501. The summed E-state index contributed by atoms with van der Waals surface area (Å²) in [6.45, 7) is 3.10. The van der Waals surface area contributed by atoms with Gasteiger partial charge >= 0.3 is 5.97 Å². The van der Waals surface area contributed by atoms with Gasteiger partial charge in [0, 0.05) is 18.8 Å². The Hall–Kier alpha value is -1.49. The van der Waals surface area contributed by atoms with Crippen molar-refractivity contribution in [1.82, 2.24) is 4.90 Å². The van der Waals surface area contributed by atoms with E-state index in [4.69, 9.17) is 5.11 Å². The fourth-order valence-electron chi connectivity index (χ4n) is 2.44. The number of carboxylic acids is 1. The van der Waals surface area contributed by atoms with Crippen LogP contribution in [0, 0.1) is 12.8 Å². The highest BCUT2D eigenvalue weighted by molar-refractivity contribution is 7.99. The van der Waals surface area contributed by atoms with E-state index < -0.39 is 11.9 Å². The number of rotatable bonds is 5. The maximum atomic E-state index is 12.1. The molecule has 1 atom stereocenters. The molecule has 1 fully saturated rings. The van der Waals surface area contributed by atoms with Gasteiger partial charge in [-0.25, -0.2) is 0 Å². The summed E-state index contributed by atoms with van der Waals surface area (Å²) in [5.74, 6) is 0.0882. The minimum Gasteiger partial charge on any atom is -0.481 e. The highest BCUT2D eigenvalue weighted by Gasteiger charge is 2.27. The van der Waals surface area contributed by atoms with Crippen LogP contribution in [0.15, 0.2) is 24.3 Å². The molecular weight excluding hydrogens is 286 g/mol. The zero-order valence-electron chi connectivity index (χ0n) is 12.2. The minimum absolute atomic E-state index is 0.0538. The predicted molar refractivity (Wildman–Crippen MR) is 84.3 cm³/mol. The van der Waals surface area contributed by atoms with E-state index in [-0.39, 0.29) is 5.91 Å². The lowest BCUT2D eigenvalue weighted by atomic mass is 9.98. The van der Waals surface area contributed by atoms with Crippen molar-refractivity contribution in [2.45, 2.75) is 25.5 Å². The second-order valence-corrected chi connectivity index (χ2v) is 6.48. The number of piperidine rings is 1. The summed E-state index contributed by atoms with van der Waals surface area (Å²) in [5.41, 5.74) is 2.44. The zero-order chi connectivity index (χ0) is 15.2. The third-order valence-corrected chi connectivity index (χ3v) is 4.73. The Morgan fingerprint density at radius 3 is 2.71 bits per heavy atom. The smallest absolute Gasteiger partial charge is 0.308 e. The predicted octanol–water partition coefficient (Wildman–Crippen LogP) is 2.55. The van der Waals surface area contributed by atoms with Crippen molar-refractivity contribution in [3.8, 4) is 0 Å². The maximum absolute atomic E-state index is 12.1. The summed E-state index contributed by atoms with van der Waals surface area (Å²) in [5, 5.41) is 9.04. The van der Waals surface area contributed by atoms with Gasteiger partial charge in [0.05, 0.1) is 11.7 Å². The Kier molecular flexibility index (Phi) is 5.67. The summed E-state index contributed by atoms with van der Waals surface area (Å²) in [6, 6.07) is 8.29. The fraction of sp³-hybridized carbons (Fsp3) is 0.500. The van der Waals surface area contributed by atoms with Gasteiger partial charge in [-0.05, 0) is 25.3 Å².